The van der Waals surface area contributed by atoms with Crippen molar-refractivity contribution in [3.05, 3.63) is 133 Å². The van der Waals surface area contributed by atoms with Gasteiger partial charge in [0.1, 0.15) is 17.3 Å². The molecular formula is C36H30BrFN2O3. The quantitative estimate of drug-likeness (QED) is 0.215. The van der Waals surface area contributed by atoms with E-state index in [9.17, 15) is 19.1 Å². The van der Waals surface area contributed by atoms with Crippen LogP contribution in [0.25, 0.3) is 27.9 Å². The number of anilines is 1. The van der Waals surface area contributed by atoms with Crippen LogP contribution < -0.4 is 10.5 Å². The number of aromatic hydroxyl groups is 1. The van der Waals surface area contributed by atoms with Crippen molar-refractivity contribution in [2.45, 2.75) is 41.2 Å². The molecule has 7 heteroatoms. The molecule has 1 aliphatic heterocycles. The van der Waals surface area contributed by atoms with Gasteiger partial charge < -0.3 is 10.0 Å². The fourth-order valence-electron chi connectivity index (χ4n) is 6.50. The number of fused-ring (bicyclic) bond motifs is 1. The van der Waals surface area contributed by atoms with E-state index in [0.717, 1.165) is 38.0 Å². The number of pyridine rings is 1. The summed E-state index contributed by atoms with van der Waals surface area (Å²) in [6.45, 7) is 9.90. The summed E-state index contributed by atoms with van der Waals surface area (Å²) in [5, 5.41) is 11.1. The Kier molecular flexibility index (Phi) is 7.09. The molecule has 1 N–H and O–H groups in total. The number of carbonyl (C=O) groups is 1. The molecule has 0 spiro atoms. The Balaban J connectivity index is 1.82. The number of phenolic OH excluding ortho intramolecular Hbond substituents is 1. The second kappa shape index (κ2) is 10.7. The van der Waals surface area contributed by atoms with Gasteiger partial charge in [0.15, 0.2) is 0 Å². The third-order valence-electron chi connectivity index (χ3n) is 8.17. The third-order valence-corrected chi connectivity index (χ3v) is 8.70. The molecule has 1 aliphatic rings. The fourth-order valence-corrected chi connectivity index (χ4v) is 6.77. The van der Waals surface area contributed by atoms with Crippen molar-refractivity contribution >= 4 is 27.5 Å². The number of carbonyl (C=O) groups excluding carboxylic acids is 1. The normalized spacial score (nSPS) is 12.6. The lowest BCUT2D eigenvalue weighted by molar-refractivity contribution is 0.0989. The molecule has 5 aromatic rings. The molecule has 0 radical (unpaired) electrons. The highest BCUT2D eigenvalue weighted by atomic mass is 79.9. The number of amides is 1. The van der Waals surface area contributed by atoms with E-state index >= 15 is 0 Å². The summed E-state index contributed by atoms with van der Waals surface area (Å²) in [6.07, 6.45) is 0. The van der Waals surface area contributed by atoms with E-state index in [1.165, 1.54) is 22.8 Å². The first-order valence-electron chi connectivity index (χ1n) is 14.0. The Morgan fingerprint density at radius 2 is 1.40 bits per heavy atom. The van der Waals surface area contributed by atoms with Crippen molar-refractivity contribution in [3.63, 3.8) is 0 Å². The number of hydrogen-bond donors (Lipinski definition) is 1. The van der Waals surface area contributed by atoms with Crippen molar-refractivity contribution in [2.24, 2.45) is 0 Å². The van der Waals surface area contributed by atoms with Gasteiger partial charge in [-0.2, -0.15) is 0 Å². The van der Waals surface area contributed by atoms with Crippen molar-refractivity contribution < 1.29 is 14.3 Å². The lowest BCUT2D eigenvalue weighted by Crippen LogP contribution is -2.31. The van der Waals surface area contributed by atoms with Crippen LogP contribution in [-0.2, 0) is 6.54 Å². The van der Waals surface area contributed by atoms with Crippen LogP contribution in [0, 0.1) is 40.4 Å². The number of benzene rings is 4. The average Bonchev–Trinajstić information content (AvgIpc) is 3.27. The predicted octanol–water partition coefficient (Wildman–Crippen LogP) is 8.48. The van der Waals surface area contributed by atoms with Gasteiger partial charge in [-0.25, -0.2) is 4.39 Å². The lowest BCUT2D eigenvalue weighted by atomic mass is 9.90. The molecule has 0 atom stereocenters. The molecule has 0 fully saturated rings. The highest BCUT2D eigenvalue weighted by Crippen LogP contribution is 2.44. The van der Waals surface area contributed by atoms with Crippen LogP contribution in [-0.4, -0.2) is 15.6 Å². The summed E-state index contributed by atoms with van der Waals surface area (Å²) >= 11 is 3.48. The fraction of sp³-hybridized carbons (Fsp3) is 0.167. The monoisotopic (exact) mass is 636 g/mol. The SMILES string of the molecule is Cc1cc(C)c(-n2c3c(c(-c4cc(F)ccc4O)c(-c4ccc(Br)cc4)c2=O)CN(c2c(C)cccc2C)C3=O)c(C)c1. The van der Waals surface area contributed by atoms with E-state index in [2.05, 4.69) is 15.9 Å². The van der Waals surface area contributed by atoms with E-state index in [1.807, 2.05) is 89.2 Å². The molecule has 1 amide bonds. The number of rotatable bonds is 4. The summed E-state index contributed by atoms with van der Waals surface area (Å²) < 4.78 is 17.2. The van der Waals surface area contributed by atoms with Gasteiger partial charge in [0.25, 0.3) is 11.5 Å². The van der Waals surface area contributed by atoms with Gasteiger partial charge >= 0.3 is 0 Å². The highest BCUT2D eigenvalue weighted by molar-refractivity contribution is 9.10. The number of hydrogen-bond acceptors (Lipinski definition) is 3. The number of aryl methyl sites for hydroxylation is 5. The van der Waals surface area contributed by atoms with Crippen LogP contribution >= 0.6 is 15.9 Å². The minimum absolute atomic E-state index is 0.138. The van der Waals surface area contributed by atoms with E-state index < -0.39 is 11.4 Å². The summed E-state index contributed by atoms with van der Waals surface area (Å²) in [5.74, 6) is -1.07. The summed E-state index contributed by atoms with van der Waals surface area (Å²) in [5.41, 5.74) is 7.68. The average molecular weight is 638 g/mol. The van der Waals surface area contributed by atoms with Crippen LogP contribution in [0.5, 0.6) is 5.75 Å². The number of para-hydroxylation sites is 1. The second-order valence-corrected chi connectivity index (χ2v) is 12.2. The molecular weight excluding hydrogens is 607 g/mol. The molecule has 1 aromatic heterocycles. The zero-order valence-corrected chi connectivity index (χ0v) is 26.1. The van der Waals surface area contributed by atoms with Crippen molar-refractivity contribution in [3.8, 4) is 33.7 Å². The van der Waals surface area contributed by atoms with Gasteiger partial charge in [-0.1, -0.05) is 64.0 Å². The molecule has 6 rings (SSSR count). The third kappa shape index (κ3) is 4.68. The zero-order chi connectivity index (χ0) is 30.7. The van der Waals surface area contributed by atoms with Gasteiger partial charge in [0, 0.05) is 21.2 Å². The smallest absolute Gasteiger partial charge is 0.276 e. The summed E-state index contributed by atoms with van der Waals surface area (Å²) in [7, 11) is 0. The number of aromatic nitrogens is 1. The molecule has 0 saturated carbocycles. The van der Waals surface area contributed by atoms with Crippen molar-refractivity contribution in [2.75, 3.05) is 4.90 Å². The Morgan fingerprint density at radius 3 is 2.02 bits per heavy atom. The van der Waals surface area contributed by atoms with Crippen molar-refractivity contribution in [1.29, 1.82) is 0 Å². The molecule has 0 saturated heterocycles. The largest absolute Gasteiger partial charge is 0.507 e. The molecule has 216 valence electrons. The van der Waals surface area contributed by atoms with Gasteiger partial charge in [-0.15, -0.1) is 0 Å². The van der Waals surface area contributed by atoms with Crippen LogP contribution in [0.4, 0.5) is 10.1 Å². The Hall–Kier alpha value is -4.49. The molecule has 0 unspecified atom stereocenters. The predicted molar refractivity (Wildman–Crippen MR) is 173 cm³/mol. The van der Waals surface area contributed by atoms with Gasteiger partial charge in [0.2, 0.25) is 0 Å². The maximum absolute atomic E-state index is 14.9. The zero-order valence-electron chi connectivity index (χ0n) is 24.5. The summed E-state index contributed by atoms with van der Waals surface area (Å²) in [6, 6.07) is 20.8. The molecule has 4 aromatic carbocycles. The Bertz CT molecular complexity index is 1990. The molecule has 5 nitrogen and oxygen atoms in total. The number of phenols is 1. The first kappa shape index (κ1) is 28.6. The first-order valence-corrected chi connectivity index (χ1v) is 14.8. The van der Waals surface area contributed by atoms with Gasteiger partial charge in [0.05, 0.1) is 23.5 Å². The molecule has 43 heavy (non-hydrogen) atoms. The summed E-state index contributed by atoms with van der Waals surface area (Å²) in [4.78, 5) is 31.2. The van der Waals surface area contributed by atoms with Gasteiger partial charge in [-0.05, 0) is 92.8 Å². The maximum Gasteiger partial charge on any atom is 0.276 e. The van der Waals surface area contributed by atoms with Crippen LogP contribution in [0.2, 0.25) is 0 Å². The minimum atomic E-state index is -0.561. The second-order valence-electron chi connectivity index (χ2n) is 11.3. The van der Waals surface area contributed by atoms with Crippen LogP contribution in [0.1, 0.15) is 43.9 Å². The number of halogens is 2. The van der Waals surface area contributed by atoms with E-state index in [1.54, 1.807) is 4.90 Å². The maximum atomic E-state index is 14.9. The molecule has 0 bridgehead atoms. The minimum Gasteiger partial charge on any atom is -0.507 e. The molecule has 0 aliphatic carbocycles. The standard InChI is InChI=1S/C36H30BrFN2O3/c1-19-15-22(4)33(23(5)16-19)40-34-28(18-39(36(34)43)32-20(2)7-6-8-21(32)3)31(27-17-26(38)13-14-29(27)41)30(35(40)42)24-9-11-25(37)12-10-24/h6-17,41H,18H2,1-5H3. The topological polar surface area (TPSA) is 62.5 Å². The number of nitrogens with zero attached hydrogens (tertiary/aromatic N) is 2. The first-order chi connectivity index (χ1) is 20.5. The lowest BCUT2D eigenvalue weighted by Gasteiger charge is -2.22. The van der Waals surface area contributed by atoms with Crippen LogP contribution in [0.3, 0.4) is 0 Å². The Labute approximate surface area is 258 Å². The Morgan fingerprint density at radius 1 is 0.767 bits per heavy atom. The van der Waals surface area contributed by atoms with E-state index in [0.29, 0.717) is 22.4 Å². The highest BCUT2D eigenvalue weighted by Gasteiger charge is 2.39. The molecule has 2 heterocycles. The van der Waals surface area contributed by atoms with Crippen molar-refractivity contribution in [1.82, 2.24) is 4.57 Å². The van der Waals surface area contributed by atoms with E-state index in [-0.39, 0.29) is 35.0 Å². The van der Waals surface area contributed by atoms with Gasteiger partial charge in [-0.3, -0.25) is 14.2 Å². The van der Waals surface area contributed by atoms with Crippen LogP contribution in [0.15, 0.2) is 82.1 Å². The van der Waals surface area contributed by atoms with E-state index in [4.69, 9.17) is 0 Å².